The molecule has 0 aromatic heterocycles. The lowest BCUT2D eigenvalue weighted by molar-refractivity contribution is 0.102. The van der Waals surface area contributed by atoms with Crippen LogP contribution in [-0.4, -0.2) is 28.5 Å². The second-order valence-corrected chi connectivity index (χ2v) is 7.64. The number of carbonyl (C=O) groups excluding carboxylic acids is 1. The van der Waals surface area contributed by atoms with Gasteiger partial charge in [0.05, 0.1) is 25.5 Å². The monoisotopic (exact) mass is 412 g/mol. The molecule has 0 saturated carbocycles. The van der Waals surface area contributed by atoms with Gasteiger partial charge >= 0.3 is 0 Å². The Balaban J connectivity index is 1.94. The predicted molar refractivity (Wildman–Crippen MR) is 111 cm³/mol. The van der Waals surface area contributed by atoms with Crippen LogP contribution in [0.5, 0.6) is 11.5 Å². The van der Waals surface area contributed by atoms with Gasteiger partial charge in [-0.2, -0.15) is 0 Å². The van der Waals surface area contributed by atoms with E-state index in [0.29, 0.717) is 11.4 Å². The third-order valence-corrected chi connectivity index (χ3v) is 5.49. The third-order valence-electron chi connectivity index (χ3n) is 4.11. The third kappa shape index (κ3) is 4.67. The molecule has 0 heterocycles. The SMILES string of the molecule is COc1ccc(OC)c(S(=O)(=O)Nc2ccccc2C(=O)Nc2ccccc2)c1. The first kappa shape index (κ1) is 20.2. The Morgan fingerprint density at radius 1 is 0.862 bits per heavy atom. The summed E-state index contributed by atoms with van der Waals surface area (Å²) >= 11 is 0. The van der Waals surface area contributed by atoms with E-state index in [0.717, 1.165) is 0 Å². The second-order valence-electron chi connectivity index (χ2n) is 5.99. The number of sulfonamides is 1. The summed E-state index contributed by atoms with van der Waals surface area (Å²) < 4.78 is 38.8. The Morgan fingerprint density at radius 3 is 2.24 bits per heavy atom. The summed E-state index contributed by atoms with van der Waals surface area (Å²) in [4.78, 5) is 12.6. The highest BCUT2D eigenvalue weighted by molar-refractivity contribution is 7.92. The standard InChI is InChI=1S/C21H20N2O5S/c1-27-16-12-13-19(28-2)20(14-16)29(25,26)23-18-11-7-6-10-17(18)21(24)22-15-8-4-3-5-9-15/h3-14,23H,1-2H3,(H,22,24). The van der Waals surface area contributed by atoms with Gasteiger partial charge in [0.25, 0.3) is 15.9 Å². The molecule has 3 rings (SSSR count). The normalized spacial score (nSPS) is 10.8. The molecule has 0 radical (unpaired) electrons. The van der Waals surface area contributed by atoms with Gasteiger partial charge in [-0.3, -0.25) is 9.52 Å². The number of ether oxygens (including phenoxy) is 2. The fourth-order valence-electron chi connectivity index (χ4n) is 2.68. The van der Waals surface area contributed by atoms with E-state index in [1.54, 1.807) is 48.5 Å². The van der Waals surface area contributed by atoms with Gasteiger partial charge in [0.15, 0.2) is 0 Å². The molecule has 1 amide bonds. The highest BCUT2D eigenvalue weighted by Crippen LogP contribution is 2.30. The lowest BCUT2D eigenvalue weighted by Gasteiger charge is -2.15. The van der Waals surface area contributed by atoms with Crippen molar-refractivity contribution in [2.45, 2.75) is 4.90 Å². The zero-order valence-corrected chi connectivity index (χ0v) is 16.7. The Morgan fingerprint density at radius 2 is 1.55 bits per heavy atom. The lowest BCUT2D eigenvalue weighted by Crippen LogP contribution is -2.19. The summed E-state index contributed by atoms with van der Waals surface area (Å²) in [6, 6.07) is 19.7. The molecule has 0 spiro atoms. The summed E-state index contributed by atoms with van der Waals surface area (Å²) in [5.41, 5.74) is 0.928. The molecule has 0 aliphatic carbocycles. The first-order chi connectivity index (χ1) is 13.9. The maximum atomic E-state index is 13.0. The van der Waals surface area contributed by atoms with Crippen LogP contribution in [0, 0.1) is 0 Å². The Hall–Kier alpha value is -3.52. The molecule has 3 aromatic rings. The van der Waals surface area contributed by atoms with Gasteiger partial charge in [0.1, 0.15) is 16.4 Å². The molecule has 0 aliphatic heterocycles. The molecule has 0 unspecified atom stereocenters. The first-order valence-corrected chi connectivity index (χ1v) is 10.1. The van der Waals surface area contributed by atoms with E-state index >= 15 is 0 Å². The summed E-state index contributed by atoms with van der Waals surface area (Å²) in [7, 11) is -1.24. The molecule has 0 bridgehead atoms. The van der Waals surface area contributed by atoms with Crippen LogP contribution >= 0.6 is 0 Å². The van der Waals surface area contributed by atoms with Crippen molar-refractivity contribution in [2.75, 3.05) is 24.3 Å². The van der Waals surface area contributed by atoms with E-state index in [1.165, 1.54) is 32.4 Å². The molecule has 0 fully saturated rings. The first-order valence-electron chi connectivity index (χ1n) is 8.65. The maximum absolute atomic E-state index is 13.0. The van der Waals surface area contributed by atoms with Crippen LogP contribution in [-0.2, 0) is 10.0 Å². The number of carbonyl (C=O) groups is 1. The smallest absolute Gasteiger partial charge is 0.265 e. The number of para-hydroxylation sites is 2. The quantitative estimate of drug-likeness (QED) is 0.616. The largest absolute Gasteiger partial charge is 0.497 e. The van der Waals surface area contributed by atoms with Crippen molar-refractivity contribution in [1.29, 1.82) is 0 Å². The van der Waals surface area contributed by atoms with Gasteiger partial charge in [-0.15, -0.1) is 0 Å². The molecule has 0 atom stereocenters. The number of amides is 1. The Bertz CT molecular complexity index is 1110. The zero-order valence-electron chi connectivity index (χ0n) is 15.9. The van der Waals surface area contributed by atoms with Crippen molar-refractivity contribution in [3.05, 3.63) is 78.4 Å². The van der Waals surface area contributed by atoms with Crippen LogP contribution in [0.1, 0.15) is 10.4 Å². The number of hydrogen-bond donors (Lipinski definition) is 2. The van der Waals surface area contributed by atoms with Crippen molar-refractivity contribution >= 4 is 27.3 Å². The molecule has 3 aromatic carbocycles. The van der Waals surface area contributed by atoms with Gasteiger partial charge < -0.3 is 14.8 Å². The summed E-state index contributed by atoms with van der Waals surface area (Å²) in [6.45, 7) is 0. The number of benzene rings is 3. The minimum absolute atomic E-state index is 0.0994. The van der Waals surface area contributed by atoms with Crippen LogP contribution in [0.2, 0.25) is 0 Å². The second kappa shape index (κ2) is 8.66. The molecular weight excluding hydrogens is 392 g/mol. The minimum atomic E-state index is -4.05. The van der Waals surface area contributed by atoms with E-state index in [9.17, 15) is 13.2 Å². The van der Waals surface area contributed by atoms with Crippen LogP contribution < -0.4 is 19.5 Å². The number of anilines is 2. The fourth-order valence-corrected chi connectivity index (χ4v) is 3.95. The molecule has 0 aliphatic rings. The highest BCUT2D eigenvalue weighted by Gasteiger charge is 2.23. The van der Waals surface area contributed by atoms with Crippen molar-refractivity contribution in [1.82, 2.24) is 0 Å². The number of nitrogens with one attached hydrogen (secondary N) is 2. The Labute approximate surface area is 169 Å². The molecular formula is C21H20N2O5S. The zero-order chi connectivity index (χ0) is 20.9. The van der Waals surface area contributed by atoms with Crippen molar-refractivity contribution < 1.29 is 22.7 Å². The van der Waals surface area contributed by atoms with Crippen LogP contribution in [0.25, 0.3) is 0 Å². The maximum Gasteiger partial charge on any atom is 0.265 e. The van der Waals surface area contributed by atoms with Gasteiger partial charge in [-0.25, -0.2) is 8.42 Å². The molecule has 2 N–H and O–H groups in total. The fraction of sp³-hybridized carbons (Fsp3) is 0.0952. The van der Waals surface area contributed by atoms with Gasteiger partial charge in [0.2, 0.25) is 0 Å². The van der Waals surface area contributed by atoms with Crippen LogP contribution in [0.3, 0.4) is 0 Å². The Kier molecular flexibility index (Phi) is 6.04. The van der Waals surface area contributed by atoms with Crippen LogP contribution in [0.15, 0.2) is 77.7 Å². The minimum Gasteiger partial charge on any atom is -0.497 e. The van der Waals surface area contributed by atoms with Crippen molar-refractivity contribution in [3.8, 4) is 11.5 Å². The van der Waals surface area contributed by atoms with Gasteiger partial charge in [-0.1, -0.05) is 30.3 Å². The van der Waals surface area contributed by atoms with Gasteiger partial charge in [-0.05, 0) is 36.4 Å². The molecule has 8 heteroatoms. The van der Waals surface area contributed by atoms with Crippen molar-refractivity contribution in [3.63, 3.8) is 0 Å². The van der Waals surface area contributed by atoms with E-state index in [2.05, 4.69) is 10.0 Å². The van der Waals surface area contributed by atoms with E-state index in [4.69, 9.17) is 9.47 Å². The summed E-state index contributed by atoms with van der Waals surface area (Å²) in [5, 5.41) is 2.75. The summed E-state index contributed by atoms with van der Waals surface area (Å²) in [6.07, 6.45) is 0. The number of hydrogen-bond acceptors (Lipinski definition) is 5. The molecule has 150 valence electrons. The molecule has 0 saturated heterocycles. The lowest BCUT2D eigenvalue weighted by atomic mass is 10.1. The average Bonchev–Trinajstić information content (AvgIpc) is 2.74. The van der Waals surface area contributed by atoms with Crippen molar-refractivity contribution in [2.24, 2.45) is 0 Å². The number of methoxy groups -OCH3 is 2. The number of rotatable bonds is 7. The highest BCUT2D eigenvalue weighted by atomic mass is 32.2. The van der Waals surface area contributed by atoms with Gasteiger partial charge in [0, 0.05) is 11.8 Å². The predicted octanol–water partition coefficient (Wildman–Crippen LogP) is 3.76. The summed E-state index contributed by atoms with van der Waals surface area (Å²) in [5.74, 6) is 0.0814. The molecule has 7 nitrogen and oxygen atoms in total. The topological polar surface area (TPSA) is 93.7 Å². The van der Waals surface area contributed by atoms with E-state index < -0.39 is 15.9 Å². The van der Waals surface area contributed by atoms with E-state index in [-0.39, 0.29) is 21.9 Å². The van der Waals surface area contributed by atoms with E-state index in [1.807, 2.05) is 6.07 Å². The average molecular weight is 412 g/mol. The molecule has 29 heavy (non-hydrogen) atoms. The van der Waals surface area contributed by atoms with Crippen LogP contribution in [0.4, 0.5) is 11.4 Å².